The summed E-state index contributed by atoms with van der Waals surface area (Å²) in [6.07, 6.45) is 8.98. The molecule has 0 rings (SSSR count). The summed E-state index contributed by atoms with van der Waals surface area (Å²) in [4.78, 5) is 25.8. The Morgan fingerprint density at radius 1 is 0.870 bits per heavy atom. The van der Waals surface area contributed by atoms with Crippen molar-refractivity contribution in [3.05, 3.63) is 0 Å². The van der Waals surface area contributed by atoms with E-state index in [1.54, 1.807) is 4.90 Å². The molecule has 0 N–H and O–H groups in total. The Morgan fingerprint density at radius 3 is 1.61 bits per heavy atom. The zero-order valence-corrected chi connectivity index (χ0v) is 15.9. The fraction of sp³-hybridized carbons (Fsp3) is 0.895. The molecule has 0 aliphatic carbocycles. The van der Waals surface area contributed by atoms with Crippen molar-refractivity contribution in [1.29, 1.82) is 0 Å². The average molecular weight is 328 g/mol. The molecule has 0 aromatic rings. The lowest BCUT2D eigenvalue weighted by Crippen LogP contribution is -2.43. The number of ether oxygens (including phenoxy) is 1. The molecule has 0 saturated heterocycles. The standard InChI is InChI=1S/C19H37NO3/c1-6-10-12-16(8-3)14-20(18(21)19(22)23-5)15-17(9-4)13-11-7-2/h16-17H,6-15H2,1-5H3. The molecule has 0 heterocycles. The summed E-state index contributed by atoms with van der Waals surface area (Å²) in [5.74, 6) is -0.280. The Labute approximate surface area is 143 Å². The first kappa shape index (κ1) is 21.9. The number of methoxy groups -OCH3 is 1. The van der Waals surface area contributed by atoms with E-state index >= 15 is 0 Å². The van der Waals surface area contributed by atoms with Gasteiger partial charge in [-0.3, -0.25) is 4.79 Å². The van der Waals surface area contributed by atoms with Gasteiger partial charge in [0.15, 0.2) is 0 Å². The van der Waals surface area contributed by atoms with Crippen molar-refractivity contribution in [3.8, 4) is 0 Å². The topological polar surface area (TPSA) is 46.6 Å². The Hall–Kier alpha value is -1.06. The highest BCUT2D eigenvalue weighted by Gasteiger charge is 2.26. The molecule has 4 nitrogen and oxygen atoms in total. The Bertz CT molecular complexity index is 313. The fourth-order valence-electron chi connectivity index (χ4n) is 2.91. The highest BCUT2D eigenvalue weighted by Crippen LogP contribution is 2.19. The molecule has 0 bridgehead atoms. The monoisotopic (exact) mass is 327 g/mol. The molecule has 136 valence electrons. The van der Waals surface area contributed by atoms with Crippen LogP contribution in [0.15, 0.2) is 0 Å². The first-order valence-electron chi connectivity index (χ1n) is 9.40. The van der Waals surface area contributed by atoms with Gasteiger partial charge in [0.05, 0.1) is 7.11 Å². The highest BCUT2D eigenvalue weighted by molar-refractivity contribution is 6.32. The van der Waals surface area contributed by atoms with Crippen LogP contribution < -0.4 is 0 Å². The molecule has 0 radical (unpaired) electrons. The van der Waals surface area contributed by atoms with Crippen LogP contribution >= 0.6 is 0 Å². The van der Waals surface area contributed by atoms with Crippen LogP contribution in [0.5, 0.6) is 0 Å². The summed E-state index contributed by atoms with van der Waals surface area (Å²) in [6.45, 7) is 10.0. The SMILES string of the molecule is CCCCC(CC)CN(CC(CC)CCCC)C(=O)C(=O)OC. The van der Waals surface area contributed by atoms with Crippen LogP contribution in [-0.2, 0) is 14.3 Å². The molecule has 0 aliphatic heterocycles. The molecule has 4 heteroatoms. The van der Waals surface area contributed by atoms with E-state index in [4.69, 9.17) is 0 Å². The van der Waals surface area contributed by atoms with E-state index in [1.807, 2.05) is 0 Å². The van der Waals surface area contributed by atoms with Crippen LogP contribution in [0.4, 0.5) is 0 Å². The van der Waals surface area contributed by atoms with Crippen LogP contribution in [0.25, 0.3) is 0 Å². The van der Waals surface area contributed by atoms with Crippen LogP contribution in [0.3, 0.4) is 0 Å². The first-order chi connectivity index (χ1) is 11.0. The molecule has 0 aliphatic rings. The van der Waals surface area contributed by atoms with Crippen molar-refractivity contribution in [3.63, 3.8) is 0 Å². The summed E-state index contributed by atoms with van der Waals surface area (Å²) in [6, 6.07) is 0. The van der Waals surface area contributed by atoms with Crippen molar-refractivity contribution in [1.82, 2.24) is 4.90 Å². The van der Waals surface area contributed by atoms with Gasteiger partial charge in [0.25, 0.3) is 0 Å². The summed E-state index contributed by atoms with van der Waals surface area (Å²) in [5.41, 5.74) is 0. The molecule has 0 aromatic heterocycles. The number of carbonyl (C=O) groups excluding carboxylic acids is 2. The minimum atomic E-state index is -0.735. The molecule has 0 fully saturated rings. The number of hydrogen-bond acceptors (Lipinski definition) is 3. The third kappa shape index (κ3) is 8.97. The van der Waals surface area contributed by atoms with E-state index in [2.05, 4.69) is 32.4 Å². The molecule has 2 atom stereocenters. The van der Waals surface area contributed by atoms with Gasteiger partial charge < -0.3 is 9.64 Å². The van der Waals surface area contributed by atoms with Crippen LogP contribution in [0.1, 0.15) is 79.1 Å². The molecular weight excluding hydrogens is 290 g/mol. The zero-order chi connectivity index (χ0) is 17.7. The zero-order valence-electron chi connectivity index (χ0n) is 15.9. The number of esters is 1. The molecule has 2 unspecified atom stereocenters. The smallest absolute Gasteiger partial charge is 0.396 e. The molecule has 0 spiro atoms. The average Bonchev–Trinajstić information content (AvgIpc) is 2.58. The van der Waals surface area contributed by atoms with E-state index in [-0.39, 0.29) is 0 Å². The van der Waals surface area contributed by atoms with Gasteiger partial charge in [0, 0.05) is 13.1 Å². The lowest BCUT2D eigenvalue weighted by atomic mass is 9.95. The highest BCUT2D eigenvalue weighted by atomic mass is 16.5. The number of amides is 1. The summed E-state index contributed by atoms with van der Waals surface area (Å²) in [5, 5.41) is 0. The summed E-state index contributed by atoms with van der Waals surface area (Å²) < 4.78 is 4.66. The molecule has 0 aromatic carbocycles. The van der Waals surface area contributed by atoms with Crippen molar-refractivity contribution >= 4 is 11.9 Å². The van der Waals surface area contributed by atoms with Gasteiger partial charge in [0.2, 0.25) is 0 Å². The van der Waals surface area contributed by atoms with E-state index in [9.17, 15) is 9.59 Å². The Morgan fingerprint density at radius 2 is 1.30 bits per heavy atom. The van der Waals surface area contributed by atoms with Gasteiger partial charge >= 0.3 is 11.9 Å². The Balaban J connectivity index is 4.91. The lowest BCUT2D eigenvalue weighted by Gasteiger charge is -2.29. The number of nitrogens with zero attached hydrogens (tertiary/aromatic N) is 1. The second-order valence-electron chi connectivity index (χ2n) is 6.53. The predicted molar refractivity (Wildman–Crippen MR) is 95.2 cm³/mol. The number of unbranched alkanes of at least 4 members (excludes halogenated alkanes) is 2. The second kappa shape index (κ2) is 13.4. The lowest BCUT2D eigenvalue weighted by molar-refractivity contribution is -0.158. The minimum absolute atomic E-state index is 0.465. The van der Waals surface area contributed by atoms with Gasteiger partial charge in [-0.1, -0.05) is 66.2 Å². The van der Waals surface area contributed by atoms with Gasteiger partial charge in [-0.05, 0) is 24.7 Å². The summed E-state index contributed by atoms with van der Waals surface area (Å²) >= 11 is 0. The number of hydrogen-bond donors (Lipinski definition) is 0. The maximum Gasteiger partial charge on any atom is 0.396 e. The number of rotatable bonds is 12. The Kier molecular flexibility index (Phi) is 12.8. The van der Waals surface area contributed by atoms with Gasteiger partial charge in [-0.15, -0.1) is 0 Å². The van der Waals surface area contributed by atoms with E-state index in [1.165, 1.54) is 20.0 Å². The van der Waals surface area contributed by atoms with Crippen LogP contribution in [0.2, 0.25) is 0 Å². The summed E-state index contributed by atoms with van der Waals surface area (Å²) in [7, 11) is 1.28. The molecule has 1 amide bonds. The van der Waals surface area contributed by atoms with Crippen molar-refractivity contribution in [2.24, 2.45) is 11.8 Å². The molecule has 0 saturated carbocycles. The van der Waals surface area contributed by atoms with Crippen molar-refractivity contribution < 1.29 is 14.3 Å². The predicted octanol–water partition coefficient (Wildman–Crippen LogP) is 4.42. The third-order valence-electron chi connectivity index (χ3n) is 4.69. The number of carbonyl (C=O) groups is 2. The normalized spacial score (nSPS) is 13.4. The van der Waals surface area contributed by atoms with Crippen molar-refractivity contribution in [2.75, 3.05) is 20.2 Å². The van der Waals surface area contributed by atoms with Crippen LogP contribution in [0, 0.1) is 11.8 Å². The van der Waals surface area contributed by atoms with Gasteiger partial charge in [-0.2, -0.15) is 0 Å². The van der Waals surface area contributed by atoms with E-state index < -0.39 is 11.9 Å². The third-order valence-corrected chi connectivity index (χ3v) is 4.69. The van der Waals surface area contributed by atoms with Gasteiger partial charge in [0.1, 0.15) is 0 Å². The maximum absolute atomic E-state index is 12.4. The maximum atomic E-state index is 12.4. The van der Waals surface area contributed by atoms with Gasteiger partial charge in [-0.25, -0.2) is 4.79 Å². The minimum Gasteiger partial charge on any atom is -0.462 e. The largest absolute Gasteiger partial charge is 0.462 e. The van der Waals surface area contributed by atoms with Crippen LogP contribution in [-0.4, -0.2) is 37.0 Å². The van der Waals surface area contributed by atoms with E-state index in [0.29, 0.717) is 24.9 Å². The van der Waals surface area contributed by atoms with Crippen molar-refractivity contribution in [2.45, 2.75) is 79.1 Å². The quantitative estimate of drug-likeness (QED) is 0.394. The molecule has 23 heavy (non-hydrogen) atoms. The second-order valence-corrected chi connectivity index (χ2v) is 6.53. The fourth-order valence-corrected chi connectivity index (χ4v) is 2.91. The van der Waals surface area contributed by atoms with E-state index in [0.717, 1.165) is 38.5 Å². The first-order valence-corrected chi connectivity index (χ1v) is 9.40. The molecular formula is C19H37NO3.